The van der Waals surface area contributed by atoms with Crippen LogP contribution in [0, 0.1) is 0 Å². The molecule has 1 aromatic carbocycles. The summed E-state index contributed by atoms with van der Waals surface area (Å²) in [5.41, 5.74) is 1.65. The smallest absolute Gasteiger partial charge is 0.387 e. The molecule has 1 aliphatic rings. The Morgan fingerprint density at radius 3 is 2.94 bits per heavy atom. The van der Waals surface area contributed by atoms with Crippen LogP contribution < -0.4 is 4.74 Å². The number of hydrogen-bond donors (Lipinski definition) is 1. The van der Waals surface area contributed by atoms with Crippen LogP contribution in [0.3, 0.4) is 0 Å². The fraction of sp³-hybridized carbons (Fsp3) is 0.500. The average Bonchev–Trinajstić information content (AvgIpc) is 2.29. The number of halogens is 2. The maximum Gasteiger partial charge on any atom is 0.387 e. The lowest BCUT2D eigenvalue weighted by molar-refractivity contribution is -0.0501. The van der Waals surface area contributed by atoms with Crippen LogP contribution in [0.1, 0.15) is 24.2 Å². The van der Waals surface area contributed by atoms with Crippen molar-refractivity contribution in [1.82, 2.24) is 4.90 Å². The van der Waals surface area contributed by atoms with Crippen molar-refractivity contribution in [3.8, 4) is 5.75 Å². The van der Waals surface area contributed by atoms with Crippen LogP contribution in [0.5, 0.6) is 5.75 Å². The first kappa shape index (κ1) is 12.3. The molecule has 5 heteroatoms. The third kappa shape index (κ3) is 2.73. The van der Waals surface area contributed by atoms with E-state index in [4.69, 9.17) is 0 Å². The van der Waals surface area contributed by atoms with Crippen molar-refractivity contribution in [2.75, 3.05) is 13.1 Å². The van der Waals surface area contributed by atoms with Gasteiger partial charge in [-0.15, -0.1) is 0 Å². The van der Waals surface area contributed by atoms with Crippen molar-refractivity contribution in [2.24, 2.45) is 0 Å². The van der Waals surface area contributed by atoms with Crippen LogP contribution >= 0.6 is 0 Å². The molecule has 1 heterocycles. The van der Waals surface area contributed by atoms with Gasteiger partial charge in [0, 0.05) is 13.1 Å². The van der Waals surface area contributed by atoms with Crippen molar-refractivity contribution in [1.29, 1.82) is 0 Å². The Morgan fingerprint density at radius 2 is 2.29 bits per heavy atom. The summed E-state index contributed by atoms with van der Waals surface area (Å²) in [5, 5.41) is 9.94. The monoisotopic (exact) mass is 243 g/mol. The van der Waals surface area contributed by atoms with Crippen LogP contribution in [-0.4, -0.2) is 29.7 Å². The number of rotatable bonds is 3. The summed E-state index contributed by atoms with van der Waals surface area (Å²) in [5.74, 6) is 0.0998. The number of hydrogen-bond acceptors (Lipinski definition) is 3. The van der Waals surface area contributed by atoms with Crippen LogP contribution in [-0.2, 0) is 6.54 Å². The molecule has 17 heavy (non-hydrogen) atoms. The second-order valence-corrected chi connectivity index (χ2v) is 4.08. The molecule has 0 spiro atoms. The number of aliphatic hydroxyl groups excluding tert-OH is 1. The molecule has 1 atom stereocenters. The Labute approximate surface area is 98.6 Å². The Balaban J connectivity index is 2.24. The number of fused-ring (bicyclic) bond motifs is 1. The van der Waals surface area contributed by atoms with Gasteiger partial charge in [-0.1, -0.05) is 13.0 Å². The lowest BCUT2D eigenvalue weighted by atomic mass is 9.97. The van der Waals surface area contributed by atoms with E-state index in [1.165, 1.54) is 12.1 Å². The molecule has 3 nitrogen and oxygen atoms in total. The lowest BCUT2D eigenvalue weighted by Gasteiger charge is -2.31. The van der Waals surface area contributed by atoms with Crippen LogP contribution in [0.4, 0.5) is 8.78 Å². The third-order valence-corrected chi connectivity index (χ3v) is 2.97. The van der Waals surface area contributed by atoms with Gasteiger partial charge in [0.2, 0.25) is 0 Å². The number of β-amino-alcohol motifs (C(OH)–C–C–N with tert-alkyl or cyclic N) is 1. The highest BCUT2D eigenvalue weighted by molar-refractivity contribution is 5.38. The molecule has 94 valence electrons. The van der Waals surface area contributed by atoms with Gasteiger partial charge in [-0.05, 0) is 29.8 Å². The Bertz CT molecular complexity index is 398. The minimum Gasteiger partial charge on any atom is -0.435 e. The lowest BCUT2D eigenvalue weighted by Crippen LogP contribution is -2.33. The maximum absolute atomic E-state index is 12.1. The predicted molar refractivity (Wildman–Crippen MR) is 59.0 cm³/mol. The fourth-order valence-electron chi connectivity index (χ4n) is 2.09. The van der Waals surface area contributed by atoms with Crippen LogP contribution in [0.15, 0.2) is 18.2 Å². The topological polar surface area (TPSA) is 32.7 Å². The van der Waals surface area contributed by atoms with E-state index in [0.717, 1.165) is 18.7 Å². The first-order valence-electron chi connectivity index (χ1n) is 5.58. The molecular weight excluding hydrogens is 228 g/mol. The Hall–Kier alpha value is -1.20. The van der Waals surface area contributed by atoms with Crippen molar-refractivity contribution >= 4 is 0 Å². The van der Waals surface area contributed by atoms with E-state index in [1.807, 2.05) is 6.92 Å². The number of ether oxygens (including phenoxy) is 1. The van der Waals surface area contributed by atoms with Gasteiger partial charge in [0.15, 0.2) is 0 Å². The summed E-state index contributed by atoms with van der Waals surface area (Å²) in [4.78, 5) is 2.10. The number of aliphatic hydroxyl groups is 1. The minimum absolute atomic E-state index is 0.0998. The van der Waals surface area contributed by atoms with Gasteiger partial charge >= 0.3 is 6.61 Å². The molecule has 0 fully saturated rings. The van der Waals surface area contributed by atoms with Crippen molar-refractivity contribution in [2.45, 2.75) is 26.2 Å². The van der Waals surface area contributed by atoms with Gasteiger partial charge in [0.05, 0.1) is 6.10 Å². The summed E-state index contributed by atoms with van der Waals surface area (Å²) < 4.78 is 28.5. The van der Waals surface area contributed by atoms with Crippen LogP contribution in [0.25, 0.3) is 0 Å². The van der Waals surface area contributed by atoms with E-state index in [0.29, 0.717) is 12.1 Å². The largest absolute Gasteiger partial charge is 0.435 e. The molecule has 1 N–H and O–H groups in total. The van der Waals surface area contributed by atoms with E-state index in [-0.39, 0.29) is 5.75 Å². The summed E-state index contributed by atoms with van der Waals surface area (Å²) in [6.45, 7) is 1.30. The normalized spacial score (nSPS) is 20.4. The van der Waals surface area contributed by atoms with Crippen LogP contribution in [0.2, 0.25) is 0 Å². The number of nitrogens with zero attached hydrogens (tertiary/aromatic N) is 1. The van der Waals surface area contributed by atoms with Gasteiger partial charge < -0.3 is 9.84 Å². The molecule has 0 saturated carbocycles. The zero-order chi connectivity index (χ0) is 12.4. The van der Waals surface area contributed by atoms with Gasteiger partial charge in [0.1, 0.15) is 5.75 Å². The molecule has 0 amide bonds. The first-order chi connectivity index (χ1) is 8.10. The predicted octanol–water partition coefficient (Wildman–Crippen LogP) is 2.16. The van der Waals surface area contributed by atoms with Gasteiger partial charge in [-0.25, -0.2) is 0 Å². The quantitative estimate of drug-likeness (QED) is 0.883. The number of likely N-dealkylation sites (N-methyl/N-ethyl adjacent to an activating group) is 1. The molecule has 1 aromatic rings. The van der Waals surface area contributed by atoms with E-state index in [9.17, 15) is 13.9 Å². The average molecular weight is 243 g/mol. The number of benzene rings is 1. The molecule has 1 aliphatic heterocycles. The highest BCUT2D eigenvalue weighted by Crippen LogP contribution is 2.30. The maximum atomic E-state index is 12.1. The van der Waals surface area contributed by atoms with Crippen molar-refractivity contribution in [3.05, 3.63) is 29.3 Å². The Morgan fingerprint density at radius 1 is 1.53 bits per heavy atom. The minimum atomic E-state index is -2.83. The van der Waals surface area contributed by atoms with Gasteiger partial charge in [0.25, 0.3) is 0 Å². The molecule has 0 saturated heterocycles. The Kier molecular flexibility index (Phi) is 3.59. The van der Waals surface area contributed by atoms with Gasteiger partial charge in [-0.2, -0.15) is 8.78 Å². The summed E-state index contributed by atoms with van der Waals surface area (Å²) in [6.07, 6.45) is -0.639. The molecule has 2 rings (SSSR count). The molecular formula is C12H15F2NO2. The third-order valence-electron chi connectivity index (χ3n) is 2.97. The SMILES string of the molecule is CCN1Cc2ccc(OC(F)F)cc2C(O)C1. The highest BCUT2D eigenvalue weighted by Gasteiger charge is 2.23. The second-order valence-electron chi connectivity index (χ2n) is 4.08. The number of alkyl halides is 2. The molecule has 1 unspecified atom stereocenters. The zero-order valence-corrected chi connectivity index (χ0v) is 9.57. The molecule has 0 bridgehead atoms. The van der Waals surface area contributed by atoms with E-state index in [1.54, 1.807) is 6.07 Å². The summed E-state index contributed by atoms with van der Waals surface area (Å²) >= 11 is 0. The molecule has 0 aliphatic carbocycles. The van der Waals surface area contributed by atoms with E-state index < -0.39 is 12.7 Å². The highest BCUT2D eigenvalue weighted by atomic mass is 19.3. The summed E-state index contributed by atoms with van der Waals surface area (Å²) in [6, 6.07) is 4.74. The van der Waals surface area contributed by atoms with E-state index >= 15 is 0 Å². The van der Waals surface area contributed by atoms with Crippen molar-refractivity contribution < 1.29 is 18.6 Å². The second kappa shape index (κ2) is 4.98. The zero-order valence-electron chi connectivity index (χ0n) is 9.57. The van der Waals surface area contributed by atoms with E-state index in [2.05, 4.69) is 9.64 Å². The standard InChI is InChI=1S/C12H15F2NO2/c1-2-15-6-8-3-4-9(17-12(13)14)5-10(8)11(16)7-15/h3-5,11-12,16H,2,6-7H2,1H3. The van der Waals surface area contributed by atoms with Gasteiger partial charge in [-0.3, -0.25) is 4.90 Å². The first-order valence-corrected chi connectivity index (χ1v) is 5.58. The fourth-order valence-corrected chi connectivity index (χ4v) is 2.09. The molecule has 0 aromatic heterocycles. The van der Waals surface area contributed by atoms with Crippen molar-refractivity contribution in [3.63, 3.8) is 0 Å². The molecule has 0 radical (unpaired) electrons. The summed E-state index contributed by atoms with van der Waals surface area (Å²) in [7, 11) is 0.